The maximum Gasteiger partial charge on any atom is 0.152 e. The van der Waals surface area contributed by atoms with E-state index in [1.165, 1.54) is 17.9 Å². The van der Waals surface area contributed by atoms with E-state index in [4.69, 9.17) is 0 Å². The average Bonchev–Trinajstić information content (AvgIpc) is 2.86. The predicted molar refractivity (Wildman–Crippen MR) is 67.1 cm³/mol. The van der Waals surface area contributed by atoms with Gasteiger partial charge in [-0.05, 0) is 25.2 Å². The minimum absolute atomic E-state index is 0.555. The topological polar surface area (TPSA) is 42.2 Å². The maximum atomic E-state index is 4.40. The molecule has 2 aromatic heterocycles. The van der Waals surface area contributed by atoms with E-state index in [9.17, 15) is 0 Å². The van der Waals surface area contributed by atoms with Crippen molar-refractivity contribution in [1.29, 1.82) is 0 Å². The number of thioether (sulfide) groups is 1. The Bertz CT molecular complexity index is 502. The molecule has 0 bridgehead atoms. The van der Waals surface area contributed by atoms with Gasteiger partial charge in [-0.2, -0.15) is 16.9 Å². The first kappa shape index (κ1) is 9.96. The van der Waals surface area contributed by atoms with Crippen LogP contribution in [0.3, 0.4) is 0 Å². The van der Waals surface area contributed by atoms with Gasteiger partial charge in [-0.15, -0.1) is 0 Å². The maximum absolute atomic E-state index is 4.40. The predicted octanol–water partition coefficient (Wildman–Crippen LogP) is 1.96. The minimum atomic E-state index is 0.555. The van der Waals surface area contributed by atoms with Gasteiger partial charge in [0.05, 0.1) is 5.69 Å². The monoisotopic (exact) mass is 234 g/mol. The number of rotatable bonds is 2. The lowest BCUT2D eigenvalue weighted by atomic mass is 10.2. The third kappa shape index (κ3) is 1.75. The summed E-state index contributed by atoms with van der Waals surface area (Å²) in [5.74, 6) is 3.38. The van der Waals surface area contributed by atoms with Gasteiger partial charge in [0, 0.05) is 24.2 Å². The molecule has 1 atom stereocenters. The van der Waals surface area contributed by atoms with E-state index >= 15 is 0 Å². The summed E-state index contributed by atoms with van der Waals surface area (Å²) in [5.41, 5.74) is 2.09. The van der Waals surface area contributed by atoms with Crippen LogP contribution in [0.4, 0.5) is 5.82 Å². The molecule has 1 fully saturated rings. The van der Waals surface area contributed by atoms with Crippen molar-refractivity contribution in [2.45, 2.75) is 19.4 Å². The van der Waals surface area contributed by atoms with Gasteiger partial charge in [0.2, 0.25) is 0 Å². The van der Waals surface area contributed by atoms with E-state index in [1.54, 1.807) is 6.20 Å². The number of nitrogens with one attached hydrogen (secondary N) is 1. The fourth-order valence-corrected chi connectivity index (χ4v) is 3.15. The zero-order valence-electron chi connectivity index (χ0n) is 9.18. The van der Waals surface area contributed by atoms with Crippen LogP contribution in [0.2, 0.25) is 0 Å². The Balaban J connectivity index is 1.95. The largest absolute Gasteiger partial charge is 0.365 e. The van der Waals surface area contributed by atoms with Crippen LogP contribution in [0.15, 0.2) is 18.5 Å². The second-order valence-corrected chi connectivity index (χ2v) is 5.25. The summed E-state index contributed by atoms with van der Waals surface area (Å²) in [4.78, 5) is 4.40. The van der Waals surface area contributed by atoms with Gasteiger partial charge in [-0.3, -0.25) is 0 Å². The van der Waals surface area contributed by atoms with Crippen LogP contribution in [-0.4, -0.2) is 32.1 Å². The van der Waals surface area contributed by atoms with Gasteiger partial charge in [0.1, 0.15) is 5.52 Å². The molecule has 0 radical (unpaired) electrons. The van der Waals surface area contributed by atoms with Crippen molar-refractivity contribution in [2.24, 2.45) is 0 Å². The first-order valence-corrected chi connectivity index (χ1v) is 6.64. The fourth-order valence-electron chi connectivity index (χ4n) is 2.00. The van der Waals surface area contributed by atoms with E-state index in [2.05, 4.69) is 21.5 Å². The quantitative estimate of drug-likeness (QED) is 0.862. The van der Waals surface area contributed by atoms with Crippen LogP contribution in [0.1, 0.15) is 12.1 Å². The van der Waals surface area contributed by atoms with E-state index in [0.717, 1.165) is 17.0 Å². The molecular weight excluding hydrogens is 220 g/mol. The lowest BCUT2D eigenvalue weighted by Gasteiger charge is -2.12. The molecule has 1 aliphatic heterocycles. The molecule has 1 saturated heterocycles. The van der Waals surface area contributed by atoms with Gasteiger partial charge >= 0.3 is 0 Å². The van der Waals surface area contributed by atoms with Crippen molar-refractivity contribution < 1.29 is 0 Å². The van der Waals surface area contributed by atoms with Crippen molar-refractivity contribution in [3.8, 4) is 0 Å². The van der Waals surface area contributed by atoms with Crippen LogP contribution in [0.5, 0.6) is 0 Å². The molecule has 0 amide bonds. The van der Waals surface area contributed by atoms with Crippen molar-refractivity contribution >= 4 is 23.1 Å². The molecular formula is C11H14N4S. The van der Waals surface area contributed by atoms with Gasteiger partial charge < -0.3 is 5.32 Å². The van der Waals surface area contributed by atoms with E-state index < -0.39 is 0 Å². The molecule has 16 heavy (non-hydrogen) atoms. The number of aromatic nitrogens is 3. The van der Waals surface area contributed by atoms with Gasteiger partial charge in [0.25, 0.3) is 0 Å². The third-order valence-electron chi connectivity index (χ3n) is 2.78. The lowest BCUT2D eigenvalue weighted by molar-refractivity contribution is 0.804. The van der Waals surface area contributed by atoms with Crippen LogP contribution < -0.4 is 5.32 Å². The molecule has 0 saturated carbocycles. The summed E-state index contributed by atoms with van der Waals surface area (Å²) >= 11 is 2.00. The molecule has 84 valence electrons. The van der Waals surface area contributed by atoms with Crippen LogP contribution in [0.25, 0.3) is 5.52 Å². The van der Waals surface area contributed by atoms with Gasteiger partial charge in [-0.25, -0.2) is 9.50 Å². The number of hydrogen-bond acceptors (Lipinski definition) is 4. The Hall–Kier alpha value is -1.23. The first-order chi connectivity index (χ1) is 7.83. The molecule has 3 rings (SSSR count). The Kier molecular flexibility index (Phi) is 2.47. The Morgan fingerprint density at radius 3 is 3.31 bits per heavy atom. The molecule has 4 nitrogen and oxygen atoms in total. The standard InChI is InChI=1S/C11H14N4S/c1-8-6-10-11(12-3-4-15(10)14-8)13-9-2-5-16-7-9/h3-4,6,9H,2,5,7H2,1H3,(H,12,13). The normalized spacial score (nSPS) is 20.4. The number of fused-ring (bicyclic) bond motifs is 1. The van der Waals surface area contributed by atoms with Crippen LogP contribution in [-0.2, 0) is 0 Å². The lowest BCUT2D eigenvalue weighted by Crippen LogP contribution is -2.19. The molecule has 1 unspecified atom stereocenters. The Labute approximate surface area is 98.4 Å². The third-order valence-corrected chi connectivity index (χ3v) is 3.94. The van der Waals surface area contributed by atoms with Crippen molar-refractivity contribution in [3.05, 3.63) is 24.2 Å². The molecule has 3 heterocycles. The van der Waals surface area contributed by atoms with Gasteiger partial charge in [0.15, 0.2) is 5.82 Å². The highest BCUT2D eigenvalue weighted by Gasteiger charge is 2.16. The number of nitrogens with zero attached hydrogens (tertiary/aromatic N) is 3. The van der Waals surface area contributed by atoms with Crippen LogP contribution in [0, 0.1) is 6.92 Å². The Morgan fingerprint density at radius 1 is 1.56 bits per heavy atom. The second kappa shape index (κ2) is 3.97. The number of aryl methyl sites for hydroxylation is 1. The average molecular weight is 234 g/mol. The minimum Gasteiger partial charge on any atom is -0.365 e. The SMILES string of the molecule is Cc1cc2c(NC3CCSC3)nccn2n1. The number of hydrogen-bond donors (Lipinski definition) is 1. The highest BCUT2D eigenvalue weighted by molar-refractivity contribution is 7.99. The molecule has 0 aliphatic carbocycles. The summed E-state index contributed by atoms with van der Waals surface area (Å²) in [6, 6.07) is 2.62. The van der Waals surface area contributed by atoms with Crippen molar-refractivity contribution in [1.82, 2.24) is 14.6 Å². The Morgan fingerprint density at radius 2 is 2.50 bits per heavy atom. The summed E-state index contributed by atoms with van der Waals surface area (Å²) in [5, 5.41) is 7.88. The molecule has 5 heteroatoms. The smallest absolute Gasteiger partial charge is 0.152 e. The van der Waals surface area contributed by atoms with E-state index in [-0.39, 0.29) is 0 Å². The molecule has 0 spiro atoms. The van der Waals surface area contributed by atoms with Crippen molar-refractivity contribution in [3.63, 3.8) is 0 Å². The van der Waals surface area contributed by atoms with E-state index in [0.29, 0.717) is 6.04 Å². The second-order valence-electron chi connectivity index (χ2n) is 4.10. The van der Waals surface area contributed by atoms with Crippen LogP contribution >= 0.6 is 11.8 Å². The number of anilines is 1. The summed E-state index contributed by atoms with van der Waals surface area (Å²) in [6.07, 6.45) is 4.90. The van der Waals surface area contributed by atoms with Gasteiger partial charge in [-0.1, -0.05) is 0 Å². The van der Waals surface area contributed by atoms with Crippen molar-refractivity contribution in [2.75, 3.05) is 16.8 Å². The molecule has 2 aromatic rings. The first-order valence-electron chi connectivity index (χ1n) is 5.48. The zero-order chi connectivity index (χ0) is 11.0. The van der Waals surface area contributed by atoms with E-state index in [1.807, 2.05) is 29.4 Å². The highest BCUT2D eigenvalue weighted by atomic mass is 32.2. The molecule has 0 aromatic carbocycles. The highest BCUT2D eigenvalue weighted by Crippen LogP contribution is 2.22. The summed E-state index contributed by atoms with van der Waals surface area (Å²) in [7, 11) is 0. The zero-order valence-corrected chi connectivity index (χ0v) is 10.00. The molecule has 1 N–H and O–H groups in total. The summed E-state index contributed by atoms with van der Waals surface area (Å²) < 4.78 is 1.88. The fraction of sp³-hybridized carbons (Fsp3) is 0.455. The molecule has 1 aliphatic rings. The summed E-state index contributed by atoms with van der Waals surface area (Å²) in [6.45, 7) is 2.00.